The normalized spacial score (nSPS) is 19.0. The molecule has 3 heterocycles. The van der Waals surface area contributed by atoms with Gasteiger partial charge in [-0.1, -0.05) is 13.8 Å². The Balaban J connectivity index is 1.69. The molecule has 3 rings (SSSR count). The van der Waals surface area contributed by atoms with Crippen LogP contribution < -0.4 is 4.74 Å². The number of sulfonamides is 1. The summed E-state index contributed by atoms with van der Waals surface area (Å²) < 4.78 is 33.4. The van der Waals surface area contributed by atoms with Gasteiger partial charge in [-0.2, -0.15) is 4.31 Å². The predicted molar refractivity (Wildman–Crippen MR) is 97.5 cm³/mol. The molecule has 0 spiro atoms. The van der Waals surface area contributed by atoms with Gasteiger partial charge < -0.3 is 4.74 Å². The van der Waals surface area contributed by atoms with Crippen molar-refractivity contribution in [3.8, 4) is 6.01 Å². The molecule has 0 aliphatic carbocycles. The van der Waals surface area contributed by atoms with E-state index in [9.17, 15) is 8.42 Å². The lowest BCUT2D eigenvalue weighted by molar-refractivity contribution is 0.119. The third-order valence-corrected chi connectivity index (χ3v) is 7.84. The third-order valence-electron chi connectivity index (χ3n) is 4.28. The number of aromatic nitrogens is 2. The summed E-state index contributed by atoms with van der Waals surface area (Å²) >= 11 is 1.35. The first-order valence-corrected chi connectivity index (χ1v) is 10.8. The predicted octanol–water partition coefficient (Wildman–Crippen LogP) is 2.90. The molecule has 0 radical (unpaired) electrons. The average Bonchev–Trinajstić information content (AvgIpc) is 3.13. The largest absolute Gasteiger partial charge is 0.459 e. The number of rotatable bonds is 6. The van der Waals surface area contributed by atoms with E-state index in [1.54, 1.807) is 18.5 Å². The molecule has 6 nitrogen and oxygen atoms in total. The standard InChI is InChI=1S/C17H23N3O3S2/c1-3-13-10-18-17(19-11-13)23-14-6-5-9-20(12-14)25(21,22)16-8-7-15(4-2)24-16/h7-8,10-11,14H,3-6,9,12H2,1-2H3. The Hall–Kier alpha value is -1.51. The second kappa shape index (κ2) is 7.80. The van der Waals surface area contributed by atoms with E-state index in [1.807, 2.05) is 19.9 Å². The van der Waals surface area contributed by atoms with E-state index >= 15 is 0 Å². The smallest absolute Gasteiger partial charge is 0.316 e. The highest BCUT2D eigenvalue weighted by molar-refractivity contribution is 7.91. The van der Waals surface area contributed by atoms with Gasteiger partial charge in [0.25, 0.3) is 10.0 Å². The number of hydrogen-bond acceptors (Lipinski definition) is 6. The summed E-state index contributed by atoms with van der Waals surface area (Å²) in [5.74, 6) is 0. The van der Waals surface area contributed by atoms with Gasteiger partial charge in [-0.15, -0.1) is 11.3 Å². The molecule has 0 N–H and O–H groups in total. The highest BCUT2D eigenvalue weighted by Gasteiger charge is 2.32. The lowest BCUT2D eigenvalue weighted by Crippen LogP contribution is -2.44. The van der Waals surface area contributed by atoms with Crippen LogP contribution >= 0.6 is 11.3 Å². The van der Waals surface area contributed by atoms with Gasteiger partial charge in [0, 0.05) is 23.8 Å². The minimum Gasteiger partial charge on any atom is -0.459 e. The number of thiophene rings is 1. The van der Waals surface area contributed by atoms with E-state index < -0.39 is 10.0 Å². The van der Waals surface area contributed by atoms with Crippen LogP contribution in [0.4, 0.5) is 0 Å². The molecular formula is C17H23N3O3S2. The van der Waals surface area contributed by atoms with Crippen LogP contribution in [-0.2, 0) is 22.9 Å². The Labute approximate surface area is 152 Å². The molecule has 0 bridgehead atoms. The summed E-state index contributed by atoms with van der Waals surface area (Å²) in [6.45, 7) is 4.92. The first-order chi connectivity index (χ1) is 12.0. The van der Waals surface area contributed by atoms with E-state index in [-0.39, 0.29) is 6.10 Å². The minimum atomic E-state index is -3.46. The Morgan fingerprint density at radius 1 is 1.24 bits per heavy atom. The van der Waals surface area contributed by atoms with Crippen molar-refractivity contribution in [1.29, 1.82) is 0 Å². The van der Waals surface area contributed by atoms with Crippen LogP contribution in [0.3, 0.4) is 0 Å². The first-order valence-electron chi connectivity index (χ1n) is 8.59. The van der Waals surface area contributed by atoms with E-state index in [0.717, 1.165) is 36.1 Å². The van der Waals surface area contributed by atoms with Gasteiger partial charge >= 0.3 is 6.01 Å². The number of piperidine rings is 1. The molecule has 2 aromatic heterocycles. The summed E-state index contributed by atoms with van der Waals surface area (Å²) in [6.07, 6.45) is 6.56. The van der Waals surface area contributed by atoms with Crippen molar-refractivity contribution in [3.05, 3.63) is 35.0 Å². The van der Waals surface area contributed by atoms with Crippen LogP contribution in [0.5, 0.6) is 6.01 Å². The molecule has 0 amide bonds. The van der Waals surface area contributed by atoms with Crippen LogP contribution in [0.15, 0.2) is 28.7 Å². The number of ether oxygens (including phenoxy) is 1. The SMILES string of the molecule is CCc1cnc(OC2CCCN(S(=O)(=O)c3ccc(CC)s3)C2)nc1. The maximum atomic E-state index is 12.8. The number of aryl methyl sites for hydroxylation is 2. The zero-order valence-corrected chi connectivity index (χ0v) is 16.1. The summed E-state index contributed by atoms with van der Waals surface area (Å²) in [4.78, 5) is 9.49. The fourth-order valence-corrected chi connectivity index (χ4v) is 5.73. The molecule has 136 valence electrons. The molecule has 0 saturated carbocycles. The topological polar surface area (TPSA) is 72.4 Å². The molecule has 2 aromatic rings. The van der Waals surface area contributed by atoms with Crippen LogP contribution in [-0.4, -0.2) is 41.9 Å². The zero-order chi connectivity index (χ0) is 17.9. The van der Waals surface area contributed by atoms with Gasteiger partial charge in [-0.25, -0.2) is 18.4 Å². The van der Waals surface area contributed by atoms with Crippen molar-refractivity contribution in [2.45, 2.75) is 49.8 Å². The van der Waals surface area contributed by atoms with Crippen LogP contribution in [0.2, 0.25) is 0 Å². The van der Waals surface area contributed by atoms with Gasteiger partial charge in [-0.3, -0.25) is 0 Å². The lowest BCUT2D eigenvalue weighted by Gasteiger charge is -2.31. The highest BCUT2D eigenvalue weighted by atomic mass is 32.2. The quantitative estimate of drug-likeness (QED) is 0.769. The fourth-order valence-electron chi connectivity index (χ4n) is 2.77. The van der Waals surface area contributed by atoms with Crippen molar-refractivity contribution in [2.24, 2.45) is 0 Å². The van der Waals surface area contributed by atoms with Crippen molar-refractivity contribution in [3.63, 3.8) is 0 Å². The molecular weight excluding hydrogens is 358 g/mol. The molecule has 1 unspecified atom stereocenters. The molecule has 25 heavy (non-hydrogen) atoms. The van der Waals surface area contributed by atoms with E-state index in [0.29, 0.717) is 23.3 Å². The Morgan fingerprint density at radius 3 is 2.64 bits per heavy atom. The maximum Gasteiger partial charge on any atom is 0.316 e. The summed E-state index contributed by atoms with van der Waals surface area (Å²) in [7, 11) is -3.46. The molecule has 1 aliphatic rings. The molecule has 1 aliphatic heterocycles. The van der Waals surface area contributed by atoms with Gasteiger partial charge in [0.15, 0.2) is 0 Å². The number of hydrogen-bond donors (Lipinski definition) is 0. The second-order valence-corrected chi connectivity index (χ2v) is 9.38. The summed E-state index contributed by atoms with van der Waals surface area (Å²) in [5.41, 5.74) is 1.05. The van der Waals surface area contributed by atoms with Crippen molar-refractivity contribution in [1.82, 2.24) is 14.3 Å². The first kappa shape index (κ1) is 18.3. The van der Waals surface area contributed by atoms with Gasteiger partial charge in [0.05, 0.1) is 6.54 Å². The van der Waals surface area contributed by atoms with Crippen LogP contribution in [0, 0.1) is 0 Å². The minimum absolute atomic E-state index is 0.221. The second-order valence-electron chi connectivity index (χ2n) is 6.05. The van der Waals surface area contributed by atoms with Crippen LogP contribution in [0.25, 0.3) is 0 Å². The van der Waals surface area contributed by atoms with Crippen molar-refractivity contribution in [2.75, 3.05) is 13.1 Å². The monoisotopic (exact) mass is 381 g/mol. The van der Waals surface area contributed by atoms with Crippen LogP contribution in [0.1, 0.15) is 37.1 Å². The molecule has 1 fully saturated rings. The highest BCUT2D eigenvalue weighted by Crippen LogP contribution is 2.28. The molecule has 1 atom stereocenters. The van der Waals surface area contributed by atoms with Gasteiger partial charge in [0.1, 0.15) is 10.3 Å². The Morgan fingerprint density at radius 2 is 2.00 bits per heavy atom. The molecule has 8 heteroatoms. The Bertz CT molecular complexity index is 803. The summed E-state index contributed by atoms with van der Waals surface area (Å²) in [5, 5.41) is 0. The third kappa shape index (κ3) is 4.19. The fraction of sp³-hybridized carbons (Fsp3) is 0.529. The van der Waals surface area contributed by atoms with E-state index in [2.05, 4.69) is 9.97 Å². The summed E-state index contributed by atoms with van der Waals surface area (Å²) in [6, 6.07) is 3.90. The van der Waals surface area contributed by atoms with Gasteiger partial charge in [-0.05, 0) is 43.4 Å². The van der Waals surface area contributed by atoms with Gasteiger partial charge in [0.2, 0.25) is 0 Å². The average molecular weight is 382 g/mol. The zero-order valence-electron chi connectivity index (χ0n) is 14.5. The lowest BCUT2D eigenvalue weighted by atomic mass is 10.1. The Kier molecular flexibility index (Phi) is 5.71. The molecule has 1 saturated heterocycles. The maximum absolute atomic E-state index is 12.8. The van der Waals surface area contributed by atoms with E-state index in [4.69, 9.17) is 4.74 Å². The van der Waals surface area contributed by atoms with Crippen molar-refractivity contribution < 1.29 is 13.2 Å². The number of nitrogens with zero attached hydrogens (tertiary/aromatic N) is 3. The van der Waals surface area contributed by atoms with E-state index in [1.165, 1.54) is 15.6 Å². The van der Waals surface area contributed by atoms with Crippen molar-refractivity contribution >= 4 is 21.4 Å². The molecule has 0 aromatic carbocycles.